The zero-order chi connectivity index (χ0) is 15.0. The Morgan fingerprint density at radius 2 is 2.19 bits per heavy atom. The average molecular weight is 308 g/mol. The van der Waals surface area contributed by atoms with Crippen LogP contribution >= 0.6 is 11.8 Å². The topological polar surface area (TPSA) is 62.5 Å². The number of aromatic nitrogens is 1. The minimum Gasteiger partial charge on any atom is -0.480 e. The molecule has 1 aromatic rings. The lowest BCUT2D eigenvalue weighted by molar-refractivity contribution is -0.141. The van der Waals surface area contributed by atoms with Gasteiger partial charge in [0.2, 0.25) is 0 Å². The smallest absolute Gasteiger partial charge is 0.327 e. The number of thioether (sulfide) groups is 1. The van der Waals surface area contributed by atoms with Gasteiger partial charge >= 0.3 is 5.97 Å². The largest absolute Gasteiger partial charge is 0.480 e. The van der Waals surface area contributed by atoms with E-state index in [4.69, 9.17) is 0 Å². The van der Waals surface area contributed by atoms with E-state index < -0.39 is 12.0 Å². The minimum absolute atomic E-state index is 0.0221. The molecule has 0 aromatic carbocycles. The second-order valence-electron chi connectivity index (χ2n) is 5.67. The normalized spacial score (nSPS) is 25.3. The molecule has 2 heterocycles. The molecule has 2 atom stereocenters. The molecule has 1 saturated carbocycles. The van der Waals surface area contributed by atoms with Crippen molar-refractivity contribution in [3.8, 4) is 0 Å². The van der Waals surface area contributed by atoms with E-state index in [1.165, 1.54) is 0 Å². The summed E-state index contributed by atoms with van der Waals surface area (Å²) >= 11 is 1.58. The summed E-state index contributed by atoms with van der Waals surface area (Å²) in [5.41, 5.74) is 0.632. The molecule has 1 aliphatic carbocycles. The fourth-order valence-electron chi connectivity index (χ4n) is 2.87. The van der Waals surface area contributed by atoms with Crippen molar-refractivity contribution >= 4 is 23.6 Å². The molecule has 5 nitrogen and oxygen atoms in total. The summed E-state index contributed by atoms with van der Waals surface area (Å²) in [4.78, 5) is 25.9. The first-order valence-corrected chi connectivity index (χ1v) is 8.52. The fraction of sp³-hybridized carbons (Fsp3) is 0.600. The van der Waals surface area contributed by atoms with Gasteiger partial charge in [-0.2, -0.15) is 0 Å². The molecule has 1 aromatic heterocycles. The fourth-order valence-corrected chi connectivity index (χ4v) is 4.39. The van der Waals surface area contributed by atoms with E-state index in [9.17, 15) is 14.7 Å². The lowest BCUT2D eigenvalue weighted by Gasteiger charge is -2.27. The van der Waals surface area contributed by atoms with Crippen molar-refractivity contribution in [2.24, 2.45) is 0 Å². The Morgan fingerprint density at radius 3 is 2.81 bits per heavy atom. The number of carboxylic acid groups (broad SMARTS) is 1. The molecule has 1 aliphatic heterocycles. The Bertz CT molecular complexity index is 553. The molecule has 21 heavy (non-hydrogen) atoms. The van der Waals surface area contributed by atoms with E-state index >= 15 is 0 Å². The van der Waals surface area contributed by atoms with Gasteiger partial charge in [0, 0.05) is 18.0 Å². The molecule has 2 aliphatic rings. The Hall–Kier alpha value is -1.43. The van der Waals surface area contributed by atoms with E-state index in [1.54, 1.807) is 16.7 Å². The third-order valence-corrected chi connectivity index (χ3v) is 5.44. The van der Waals surface area contributed by atoms with E-state index in [0.717, 1.165) is 25.7 Å². The third kappa shape index (κ3) is 2.69. The average Bonchev–Trinajstić information content (AvgIpc) is 3.02. The van der Waals surface area contributed by atoms with Crippen molar-refractivity contribution in [1.82, 2.24) is 9.47 Å². The van der Waals surface area contributed by atoms with Crippen molar-refractivity contribution in [1.29, 1.82) is 0 Å². The van der Waals surface area contributed by atoms with Gasteiger partial charge in [-0.05, 0) is 31.4 Å². The van der Waals surface area contributed by atoms with Gasteiger partial charge in [0.25, 0.3) is 5.91 Å². The van der Waals surface area contributed by atoms with E-state index in [-0.39, 0.29) is 11.3 Å². The second-order valence-corrected chi connectivity index (χ2v) is 6.89. The van der Waals surface area contributed by atoms with Crippen LogP contribution in [0.3, 0.4) is 0 Å². The Balaban J connectivity index is 1.88. The number of rotatable bonds is 5. The van der Waals surface area contributed by atoms with Gasteiger partial charge in [0.1, 0.15) is 11.7 Å². The van der Waals surface area contributed by atoms with Crippen LogP contribution in [-0.2, 0) is 4.79 Å². The van der Waals surface area contributed by atoms with E-state index in [1.807, 2.05) is 22.9 Å². The predicted molar refractivity (Wildman–Crippen MR) is 81.5 cm³/mol. The quantitative estimate of drug-likeness (QED) is 0.908. The summed E-state index contributed by atoms with van der Waals surface area (Å²) in [5, 5.41) is 9.37. The second kappa shape index (κ2) is 5.75. The highest BCUT2D eigenvalue weighted by Crippen LogP contribution is 2.38. The lowest BCUT2D eigenvalue weighted by atomic mass is 10.2. The molecule has 6 heteroatoms. The van der Waals surface area contributed by atoms with Crippen molar-refractivity contribution < 1.29 is 14.7 Å². The van der Waals surface area contributed by atoms with Crippen LogP contribution in [0.15, 0.2) is 18.3 Å². The van der Waals surface area contributed by atoms with E-state index in [0.29, 0.717) is 17.5 Å². The molecule has 1 N–H and O–H groups in total. The zero-order valence-corrected chi connectivity index (χ0v) is 12.9. The standard InChI is InChI=1S/C15H20N2O3S/c1-2-4-13-17(12(9-21-13)15(19)20)14(18)11-5-3-8-16(11)10-6-7-10/h3,5,8,10,12-13H,2,4,6-7,9H2,1H3,(H,19,20). The van der Waals surface area contributed by atoms with Crippen molar-refractivity contribution in [2.45, 2.75) is 50.1 Å². The lowest BCUT2D eigenvalue weighted by Crippen LogP contribution is -2.46. The maximum absolute atomic E-state index is 12.9. The molecular weight excluding hydrogens is 288 g/mol. The molecule has 3 rings (SSSR count). The van der Waals surface area contributed by atoms with Gasteiger partial charge in [0.15, 0.2) is 0 Å². The van der Waals surface area contributed by atoms with Crippen LogP contribution in [0.4, 0.5) is 0 Å². The number of hydrogen-bond acceptors (Lipinski definition) is 3. The number of amides is 1. The van der Waals surface area contributed by atoms with Crippen LogP contribution in [0.5, 0.6) is 0 Å². The highest BCUT2D eigenvalue weighted by atomic mass is 32.2. The zero-order valence-electron chi connectivity index (χ0n) is 12.1. The molecular formula is C15H20N2O3S. The van der Waals surface area contributed by atoms with Crippen molar-refractivity contribution in [2.75, 3.05) is 5.75 Å². The van der Waals surface area contributed by atoms with Gasteiger partial charge in [-0.1, -0.05) is 13.3 Å². The molecule has 114 valence electrons. The number of carbonyl (C=O) groups excluding carboxylic acids is 1. The number of nitrogens with zero attached hydrogens (tertiary/aromatic N) is 2. The number of aliphatic carboxylic acids is 1. The van der Waals surface area contributed by atoms with Crippen LogP contribution in [0.25, 0.3) is 0 Å². The van der Waals surface area contributed by atoms with E-state index in [2.05, 4.69) is 6.92 Å². The highest BCUT2D eigenvalue weighted by molar-refractivity contribution is 8.00. The predicted octanol–water partition coefficient (Wildman–Crippen LogP) is 2.59. The summed E-state index contributed by atoms with van der Waals surface area (Å²) < 4.78 is 2.01. The SMILES string of the molecule is CCCC1SCC(C(=O)O)N1C(=O)c1cccn1C1CC1. The molecule has 1 amide bonds. The molecule has 0 radical (unpaired) electrons. The maximum atomic E-state index is 12.9. The van der Waals surface area contributed by atoms with Gasteiger partial charge < -0.3 is 14.6 Å². The van der Waals surface area contributed by atoms with Gasteiger partial charge in [-0.25, -0.2) is 4.79 Å². The van der Waals surface area contributed by atoms with Crippen molar-refractivity contribution in [3.63, 3.8) is 0 Å². The minimum atomic E-state index is -0.904. The molecule has 0 bridgehead atoms. The Kier molecular flexibility index (Phi) is 3.97. The monoisotopic (exact) mass is 308 g/mol. The first-order valence-electron chi connectivity index (χ1n) is 7.47. The van der Waals surface area contributed by atoms with Crippen LogP contribution in [-0.4, -0.2) is 43.6 Å². The van der Waals surface area contributed by atoms with Crippen LogP contribution in [0, 0.1) is 0 Å². The van der Waals surface area contributed by atoms with Crippen LogP contribution in [0.1, 0.15) is 49.1 Å². The third-order valence-electron chi connectivity index (χ3n) is 4.09. The first kappa shape index (κ1) is 14.5. The molecule has 2 fully saturated rings. The summed E-state index contributed by atoms with van der Waals surface area (Å²) in [6.45, 7) is 2.06. The highest BCUT2D eigenvalue weighted by Gasteiger charge is 2.42. The van der Waals surface area contributed by atoms with Crippen molar-refractivity contribution in [3.05, 3.63) is 24.0 Å². The summed E-state index contributed by atoms with van der Waals surface area (Å²) in [6.07, 6.45) is 5.91. The summed E-state index contributed by atoms with van der Waals surface area (Å²) in [5.74, 6) is -0.558. The number of hydrogen-bond donors (Lipinski definition) is 1. The molecule has 0 spiro atoms. The van der Waals surface area contributed by atoms with Gasteiger partial charge in [0.05, 0.1) is 5.37 Å². The number of carbonyl (C=O) groups is 2. The molecule has 2 unspecified atom stereocenters. The Morgan fingerprint density at radius 1 is 1.43 bits per heavy atom. The van der Waals surface area contributed by atoms with Crippen LogP contribution < -0.4 is 0 Å². The van der Waals surface area contributed by atoms with Gasteiger partial charge in [-0.15, -0.1) is 11.8 Å². The summed E-state index contributed by atoms with van der Waals surface area (Å²) in [6, 6.07) is 3.40. The van der Waals surface area contributed by atoms with Crippen LogP contribution in [0.2, 0.25) is 0 Å². The number of carboxylic acids is 1. The maximum Gasteiger partial charge on any atom is 0.327 e. The Labute approximate surface area is 128 Å². The molecule has 1 saturated heterocycles. The summed E-state index contributed by atoms with van der Waals surface area (Å²) in [7, 11) is 0. The first-order chi connectivity index (χ1) is 10.1. The van der Waals surface area contributed by atoms with Gasteiger partial charge in [-0.3, -0.25) is 4.79 Å².